The maximum absolute atomic E-state index is 5.50. The third kappa shape index (κ3) is 2.69. The minimum atomic E-state index is 0.456. The zero-order valence-corrected chi connectivity index (χ0v) is 9.63. The van der Waals surface area contributed by atoms with Gasteiger partial charge in [0.1, 0.15) is 0 Å². The summed E-state index contributed by atoms with van der Waals surface area (Å²) in [6.45, 7) is 2.73. The smallest absolute Gasteiger partial charge is 0.219 e. The minimum absolute atomic E-state index is 0.456. The van der Waals surface area contributed by atoms with Crippen LogP contribution in [0.2, 0.25) is 0 Å². The summed E-state index contributed by atoms with van der Waals surface area (Å²) in [7, 11) is 0. The summed E-state index contributed by atoms with van der Waals surface area (Å²) in [5.41, 5.74) is 0. The van der Waals surface area contributed by atoms with E-state index >= 15 is 0 Å². The highest BCUT2D eigenvalue weighted by Gasteiger charge is 2.25. The molecule has 0 unspecified atom stereocenters. The molecule has 0 atom stereocenters. The molecule has 0 spiro atoms. The fraction of sp³-hybridized carbons (Fsp3) is 0.800. The molecule has 84 valence electrons. The van der Waals surface area contributed by atoms with Gasteiger partial charge in [-0.2, -0.15) is 0 Å². The molecule has 1 heterocycles. The first-order valence-electron chi connectivity index (χ1n) is 5.43. The molecular weight excluding hydrogens is 214 g/mol. The van der Waals surface area contributed by atoms with Gasteiger partial charge in [-0.05, 0) is 43.4 Å². The van der Waals surface area contributed by atoms with Crippen LogP contribution in [0.5, 0.6) is 0 Å². The van der Waals surface area contributed by atoms with Gasteiger partial charge in [0.25, 0.3) is 0 Å². The summed E-state index contributed by atoms with van der Waals surface area (Å²) >= 11 is 5.50. The van der Waals surface area contributed by atoms with Crippen molar-refractivity contribution < 1.29 is 4.42 Å². The van der Waals surface area contributed by atoms with Crippen LogP contribution >= 0.6 is 11.8 Å². The lowest BCUT2D eigenvalue weighted by atomic mass is 9.82. The number of halogens is 1. The Hall–Kier alpha value is -0.610. The quantitative estimate of drug-likeness (QED) is 0.809. The van der Waals surface area contributed by atoms with Crippen molar-refractivity contribution in [1.29, 1.82) is 0 Å². The fourth-order valence-electron chi connectivity index (χ4n) is 2.20. The number of aromatic nitrogens is 2. The molecule has 1 fully saturated rings. The number of hydrogen-bond donors (Lipinski definition) is 1. The summed E-state index contributed by atoms with van der Waals surface area (Å²) in [6.07, 6.45) is 4.63. The van der Waals surface area contributed by atoms with E-state index in [1.165, 1.54) is 12.8 Å². The number of nitrogens with zero attached hydrogens (tertiary/aromatic N) is 2. The molecule has 2 rings (SSSR count). The van der Waals surface area contributed by atoms with Crippen molar-refractivity contribution in [3.05, 3.63) is 11.8 Å². The van der Waals surface area contributed by atoms with Gasteiger partial charge >= 0.3 is 0 Å². The molecule has 15 heavy (non-hydrogen) atoms. The van der Waals surface area contributed by atoms with E-state index in [0.29, 0.717) is 17.7 Å². The second kappa shape index (κ2) is 4.94. The molecule has 0 bridgehead atoms. The molecular formula is C10H16ClN3O. The van der Waals surface area contributed by atoms with E-state index in [4.69, 9.17) is 16.2 Å². The van der Waals surface area contributed by atoms with Crippen LogP contribution in [0.15, 0.2) is 4.42 Å². The molecule has 1 aliphatic rings. The van der Waals surface area contributed by atoms with Crippen molar-refractivity contribution in [3.63, 3.8) is 0 Å². The van der Waals surface area contributed by atoms with Gasteiger partial charge in [-0.1, -0.05) is 0 Å². The van der Waals surface area contributed by atoms with Crippen LogP contribution in [0, 0.1) is 12.8 Å². The molecule has 1 aliphatic carbocycles. The number of rotatable bonds is 3. The van der Waals surface area contributed by atoms with Gasteiger partial charge < -0.3 is 4.42 Å². The van der Waals surface area contributed by atoms with Gasteiger partial charge in [0.05, 0.1) is 0 Å². The Bertz CT molecular complexity index is 307. The van der Waals surface area contributed by atoms with Crippen LogP contribution in [-0.4, -0.2) is 16.7 Å². The van der Waals surface area contributed by atoms with Crippen LogP contribution in [0.3, 0.4) is 0 Å². The van der Waals surface area contributed by atoms with Gasteiger partial charge in [-0.15, -0.1) is 10.2 Å². The van der Waals surface area contributed by atoms with Gasteiger partial charge in [-0.25, -0.2) is 4.84 Å². The summed E-state index contributed by atoms with van der Waals surface area (Å²) in [6, 6.07) is 0. The summed E-state index contributed by atoms with van der Waals surface area (Å²) in [4.78, 5) is 2.72. The molecule has 1 saturated carbocycles. The van der Waals surface area contributed by atoms with Crippen molar-refractivity contribution in [2.24, 2.45) is 5.92 Å². The van der Waals surface area contributed by atoms with Gasteiger partial charge in [-0.3, -0.25) is 0 Å². The summed E-state index contributed by atoms with van der Waals surface area (Å²) in [5.74, 6) is 2.62. The predicted octanol–water partition coefficient (Wildman–Crippen LogP) is 2.40. The van der Waals surface area contributed by atoms with Crippen LogP contribution < -0.4 is 4.84 Å². The Morgan fingerprint density at radius 2 is 2.07 bits per heavy atom. The topological polar surface area (TPSA) is 51.0 Å². The molecule has 0 aliphatic heterocycles. The lowest BCUT2D eigenvalue weighted by molar-refractivity contribution is 0.291. The SMILES string of the molecule is Cc1nnc([C@H]2CC[C@H](CNCl)CC2)o1. The van der Waals surface area contributed by atoms with Gasteiger partial charge in [0, 0.05) is 19.4 Å². The zero-order chi connectivity index (χ0) is 10.7. The molecule has 0 radical (unpaired) electrons. The van der Waals surface area contributed by atoms with Gasteiger partial charge in [0.2, 0.25) is 11.8 Å². The van der Waals surface area contributed by atoms with Crippen molar-refractivity contribution in [2.45, 2.75) is 38.5 Å². The first kappa shape index (κ1) is 10.9. The Kier molecular flexibility index (Phi) is 3.59. The van der Waals surface area contributed by atoms with E-state index in [-0.39, 0.29) is 0 Å². The predicted molar refractivity (Wildman–Crippen MR) is 57.6 cm³/mol. The fourth-order valence-corrected chi connectivity index (χ4v) is 2.42. The standard InChI is InChI=1S/C10H16ClN3O/c1-7-13-14-10(15-7)9-4-2-8(3-5-9)6-12-11/h8-9,12H,2-6H2,1H3/t8-,9-. The minimum Gasteiger partial charge on any atom is -0.425 e. The first-order chi connectivity index (χ1) is 7.29. The molecule has 1 aromatic rings. The van der Waals surface area contributed by atoms with E-state index in [9.17, 15) is 0 Å². The molecule has 4 nitrogen and oxygen atoms in total. The molecule has 0 aromatic carbocycles. The molecule has 0 amide bonds. The van der Waals surface area contributed by atoms with Crippen molar-refractivity contribution in [1.82, 2.24) is 15.0 Å². The van der Waals surface area contributed by atoms with Crippen LogP contribution in [0.25, 0.3) is 0 Å². The van der Waals surface area contributed by atoms with E-state index in [2.05, 4.69) is 15.0 Å². The highest BCUT2D eigenvalue weighted by molar-refractivity contribution is 6.13. The Labute approximate surface area is 94.5 Å². The second-order valence-corrected chi connectivity index (χ2v) is 4.48. The Morgan fingerprint density at radius 1 is 1.33 bits per heavy atom. The van der Waals surface area contributed by atoms with Gasteiger partial charge in [0.15, 0.2) is 0 Å². The van der Waals surface area contributed by atoms with E-state index in [1.807, 2.05) is 6.92 Å². The summed E-state index contributed by atoms with van der Waals surface area (Å²) < 4.78 is 5.45. The van der Waals surface area contributed by atoms with E-state index < -0.39 is 0 Å². The van der Waals surface area contributed by atoms with Crippen LogP contribution in [0.1, 0.15) is 43.4 Å². The Morgan fingerprint density at radius 3 is 2.60 bits per heavy atom. The molecule has 0 saturated heterocycles. The highest BCUT2D eigenvalue weighted by Crippen LogP contribution is 2.34. The van der Waals surface area contributed by atoms with E-state index in [0.717, 1.165) is 25.3 Å². The monoisotopic (exact) mass is 229 g/mol. The lowest BCUT2D eigenvalue weighted by Crippen LogP contribution is -2.21. The highest BCUT2D eigenvalue weighted by atomic mass is 35.5. The van der Waals surface area contributed by atoms with Crippen LogP contribution in [0.4, 0.5) is 0 Å². The normalized spacial score (nSPS) is 26.8. The largest absolute Gasteiger partial charge is 0.425 e. The maximum Gasteiger partial charge on any atom is 0.219 e. The lowest BCUT2D eigenvalue weighted by Gasteiger charge is -2.25. The first-order valence-corrected chi connectivity index (χ1v) is 5.81. The van der Waals surface area contributed by atoms with E-state index in [1.54, 1.807) is 0 Å². The molecule has 1 N–H and O–H groups in total. The Balaban J connectivity index is 1.88. The van der Waals surface area contributed by atoms with Crippen molar-refractivity contribution in [3.8, 4) is 0 Å². The van der Waals surface area contributed by atoms with Crippen molar-refractivity contribution >= 4 is 11.8 Å². The second-order valence-electron chi connectivity index (χ2n) is 4.21. The van der Waals surface area contributed by atoms with Crippen LogP contribution in [-0.2, 0) is 0 Å². The van der Waals surface area contributed by atoms with Crippen molar-refractivity contribution in [2.75, 3.05) is 6.54 Å². The third-order valence-corrected chi connectivity index (χ3v) is 3.26. The number of nitrogens with one attached hydrogen (secondary N) is 1. The summed E-state index contributed by atoms with van der Waals surface area (Å²) in [5, 5.41) is 7.95. The molecule has 1 aromatic heterocycles. The average Bonchev–Trinajstić information content (AvgIpc) is 2.67. The zero-order valence-electron chi connectivity index (χ0n) is 8.87. The molecule has 5 heteroatoms. The third-order valence-electron chi connectivity index (χ3n) is 3.10. The number of hydrogen-bond acceptors (Lipinski definition) is 4. The maximum atomic E-state index is 5.50. The average molecular weight is 230 g/mol. The number of aryl methyl sites for hydroxylation is 1.